The number of phenols is 1. The lowest BCUT2D eigenvalue weighted by Crippen LogP contribution is -2.15. The number of ether oxygens (including phenoxy) is 1. The molecule has 1 atom stereocenters. The Hall–Kier alpha value is -1.96. The van der Waals surface area contributed by atoms with E-state index in [9.17, 15) is 5.11 Å². The first-order valence-corrected chi connectivity index (χ1v) is 6.83. The van der Waals surface area contributed by atoms with E-state index >= 15 is 0 Å². The number of aryl methyl sites for hydroxylation is 2. The van der Waals surface area contributed by atoms with E-state index in [-0.39, 0.29) is 6.10 Å². The normalized spacial score (nSPS) is 17.6. The van der Waals surface area contributed by atoms with Crippen LogP contribution in [0, 0.1) is 0 Å². The Morgan fingerprint density at radius 3 is 2.68 bits per heavy atom. The Labute approximate surface area is 113 Å². The number of phenolic OH excluding ortho intramolecular Hbond substituents is 1. The quantitative estimate of drug-likeness (QED) is 0.877. The van der Waals surface area contributed by atoms with Gasteiger partial charge in [0.05, 0.1) is 0 Å². The highest BCUT2D eigenvalue weighted by Gasteiger charge is 2.21. The third-order valence-corrected chi connectivity index (χ3v) is 3.75. The molecule has 0 saturated carbocycles. The molecule has 1 aliphatic heterocycles. The molecule has 1 N–H and O–H groups in total. The van der Waals surface area contributed by atoms with Gasteiger partial charge in [0, 0.05) is 0 Å². The van der Waals surface area contributed by atoms with Gasteiger partial charge >= 0.3 is 0 Å². The molecular formula is C17H18O2. The Bertz CT molecular complexity index is 572. The van der Waals surface area contributed by atoms with Crippen LogP contribution >= 0.6 is 0 Å². The van der Waals surface area contributed by atoms with Gasteiger partial charge in [0.2, 0.25) is 0 Å². The lowest BCUT2D eigenvalue weighted by molar-refractivity contribution is 0.176. The zero-order valence-electron chi connectivity index (χ0n) is 11.1. The van der Waals surface area contributed by atoms with Crippen molar-refractivity contribution >= 4 is 0 Å². The van der Waals surface area contributed by atoms with Gasteiger partial charge in [0.25, 0.3) is 0 Å². The van der Waals surface area contributed by atoms with Crippen molar-refractivity contribution in [2.75, 3.05) is 0 Å². The molecule has 0 spiro atoms. The molecule has 0 aliphatic carbocycles. The fourth-order valence-corrected chi connectivity index (χ4v) is 2.58. The van der Waals surface area contributed by atoms with Gasteiger partial charge in [-0.25, -0.2) is 0 Å². The van der Waals surface area contributed by atoms with Crippen molar-refractivity contribution in [1.82, 2.24) is 0 Å². The van der Waals surface area contributed by atoms with Crippen LogP contribution in [-0.2, 0) is 12.8 Å². The molecule has 0 saturated heterocycles. The fraction of sp³-hybridized carbons (Fsp3) is 0.294. The molecule has 3 rings (SSSR count). The monoisotopic (exact) mass is 254 g/mol. The van der Waals surface area contributed by atoms with Gasteiger partial charge in [-0.05, 0) is 54.2 Å². The van der Waals surface area contributed by atoms with E-state index in [1.54, 1.807) is 12.1 Å². The summed E-state index contributed by atoms with van der Waals surface area (Å²) in [6.45, 7) is 2.16. The van der Waals surface area contributed by atoms with Crippen LogP contribution in [0.4, 0.5) is 0 Å². The molecule has 0 fully saturated rings. The minimum Gasteiger partial charge on any atom is -0.508 e. The summed E-state index contributed by atoms with van der Waals surface area (Å²) in [5.41, 5.74) is 3.68. The SMILES string of the molecule is CCc1ccc(C2CCc3cc(O)ccc3O2)cc1. The van der Waals surface area contributed by atoms with Gasteiger partial charge < -0.3 is 9.84 Å². The number of fused-ring (bicyclic) bond motifs is 1. The highest BCUT2D eigenvalue weighted by Crippen LogP contribution is 2.36. The molecule has 2 aromatic rings. The van der Waals surface area contributed by atoms with E-state index in [1.807, 2.05) is 6.07 Å². The molecule has 1 aliphatic rings. The summed E-state index contributed by atoms with van der Waals surface area (Å²) in [5, 5.41) is 9.47. The highest BCUT2D eigenvalue weighted by molar-refractivity contribution is 5.42. The Morgan fingerprint density at radius 2 is 1.95 bits per heavy atom. The van der Waals surface area contributed by atoms with E-state index in [4.69, 9.17) is 4.74 Å². The van der Waals surface area contributed by atoms with Crippen molar-refractivity contribution < 1.29 is 9.84 Å². The second kappa shape index (κ2) is 4.96. The van der Waals surface area contributed by atoms with Crippen LogP contribution in [0.1, 0.15) is 36.1 Å². The predicted octanol–water partition coefficient (Wildman–Crippen LogP) is 4.02. The van der Waals surface area contributed by atoms with Crippen LogP contribution in [0.15, 0.2) is 42.5 Å². The number of hydrogen-bond acceptors (Lipinski definition) is 2. The number of benzene rings is 2. The molecule has 2 heteroatoms. The van der Waals surface area contributed by atoms with Crippen LogP contribution in [0.5, 0.6) is 11.5 Å². The molecule has 0 aromatic heterocycles. The van der Waals surface area contributed by atoms with Crippen molar-refractivity contribution in [2.24, 2.45) is 0 Å². The molecule has 2 nitrogen and oxygen atoms in total. The van der Waals surface area contributed by atoms with Gasteiger partial charge in [-0.15, -0.1) is 0 Å². The van der Waals surface area contributed by atoms with Crippen LogP contribution in [0.2, 0.25) is 0 Å². The first-order chi connectivity index (χ1) is 9.26. The zero-order chi connectivity index (χ0) is 13.2. The Kier molecular flexibility index (Phi) is 3.16. The maximum atomic E-state index is 9.47. The molecule has 2 aromatic carbocycles. The van der Waals surface area contributed by atoms with Crippen LogP contribution in [-0.4, -0.2) is 5.11 Å². The topological polar surface area (TPSA) is 29.5 Å². The van der Waals surface area contributed by atoms with Crippen molar-refractivity contribution in [3.63, 3.8) is 0 Å². The minimum absolute atomic E-state index is 0.128. The second-order valence-electron chi connectivity index (χ2n) is 5.03. The third-order valence-electron chi connectivity index (χ3n) is 3.75. The maximum absolute atomic E-state index is 9.47. The van der Waals surface area contributed by atoms with Gasteiger partial charge in [-0.3, -0.25) is 0 Å². The Morgan fingerprint density at radius 1 is 1.16 bits per heavy atom. The van der Waals surface area contributed by atoms with Crippen LogP contribution in [0.3, 0.4) is 0 Å². The molecule has 0 amide bonds. The summed E-state index contributed by atoms with van der Waals surface area (Å²) in [7, 11) is 0. The van der Waals surface area contributed by atoms with E-state index in [0.29, 0.717) is 5.75 Å². The summed E-state index contributed by atoms with van der Waals surface area (Å²) in [5.74, 6) is 1.21. The van der Waals surface area contributed by atoms with Crippen LogP contribution < -0.4 is 4.74 Å². The average molecular weight is 254 g/mol. The first kappa shape index (κ1) is 12.1. The summed E-state index contributed by atoms with van der Waals surface area (Å²) < 4.78 is 6.04. The highest BCUT2D eigenvalue weighted by atomic mass is 16.5. The Balaban J connectivity index is 1.82. The zero-order valence-corrected chi connectivity index (χ0v) is 11.1. The summed E-state index contributed by atoms with van der Waals surface area (Å²) in [4.78, 5) is 0. The molecular weight excluding hydrogens is 236 g/mol. The number of hydrogen-bond donors (Lipinski definition) is 1. The fourth-order valence-electron chi connectivity index (χ4n) is 2.58. The van der Waals surface area contributed by atoms with E-state index in [2.05, 4.69) is 31.2 Å². The van der Waals surface area contributed by atoms with Gasteiger partial charge in [0.15, 0.2) is 0 Å². The summed E-state index contributed by atoms with van der Waals surface area (Å²) >= 11 is 0. The van der Waals surface area contributed by atoms with Crippen molar-refractivity contribution in [2.45, 2.75) is 32.3 Å². The smallest absolute Gasteiger partial charge is 0.124 e. The van der Waals surface area contributed by atoms with Crippen molar-refractivity contribution in [3.05, 3.63) is 59.2 Å². The standard InChI is InChI=1S/C17H18O2/c1-2-12-3-5-13(6-4-12)16-9-7-14-11-15(18)8-10-17(14)19-16/h3-6,8,10-11,16,18H,2,7,9H2,1H3. The van der Waals surface area contributed by atoms with E-state index in [0.717, 1.165) is 30.6 Å². The first-order valence-electron chi connectivity index (χ1n) is 6.83. The van der Waals surface area contributed by atoms with E-state index in [1.165, 1.54) is 11.1 Å². The van der Waals surface area contributed by atoms with Crippen molar-refractivity contribution in [3.8, 4) is 11.5 Å². The lowest BCUT2D eigenvalue weighted by atomic mass is 9.96. The summed E-state index contributed by atoms with van der Waals surface area (Å²) in [6, 6.07) is 14.0. The van der Waals surface area contributed by atoms with Gasteiger partial charge in [0.1, 0.15) is 17.6 Å². The molecule has 0 bridgehead atoms. The van der Waals surface area contributed by atoms with Crippen LogP contribution in [0.25, 0.3) is 0 Å². The number of rotatable bonds is 2. The maximum Gasteiger partial charge on any atom is 0.124 e. The van der Waals surface area contributed by atoms with E-state index < -0.39 is 0 Å². The third kappa shape index (κ3) is 2.43. The predicted molar refractivity (Wildman–Crippen MR) is 75.6 cm³/mol. The lowest BCUT2D eigenvalue weighted by Gasteiger charge is -2.26. The van der Waals surface area contributed by atoms with Gasteiger partial charge in [-0.1, -0.05) is 31.2 Å². The van der Waals surface area contributed by atoms with Crippen molar-refractivity contribution in [1.29, 1.82) is 0 Å². The summed E-state index contributed by atoms with van der Waals surface area (Å²) in [6.07, 6.45) is 3.10. The van der Waals surface area contributed by atoms with Gasteiger partial charge in [-0.2, -0.15) is 0 Å². The second-order valence-corrected chi connectivity index (χ2v) is 5.03. The average Bonchev–Trinajstić information content (AvgIpc) is 2.47. The molecule has 1 heterocycles. The molecule has 1 unspecified atom stereocenters. The molecule has 98 valence electrons. The molecule has 19 heavy (non-hydrogen) atoms. The number of aromatic hydroxyl groups is 1. The minimum atomic E-state index is 0.128. The largest absolute Gasteiger partial charge is 0.508 e. The molecule has 0 radical (unpaired) electrons.